The summed E-state index contributed by atoms with van der Waals surface area (Å²) in [6, 6.07) is 5.91. The zero-order valence-corrected chi connectivity index (χ0v) is 17.7. The minimum absolute atomic E-state index is 0.00709. The van der Waals surface area contributed by atoms with E-state index in [0.29, 0.717) is 11.8 Å². The fraction of sp³-hybridized carbons (Fsp3) is 0.619. The molecule has 158 valence electrons. The average Bonchev–Trinajstić information content (AvgIpc) is 2.60. The summed E-state index contributed by atoms with van der Waals surface area (Å²) in [6.07, 6.45) is 4.68. The highest BCUT2D eigenvalue weighted by Gasteiger charge is 2.60. The van der Waals surface area contributed by atoms with E-state index >= 15 is 0 Å². The van der Waals surface area contributed by atoms with Gasteiger partial charge in [-0.05, 0) is 69.4 Å². The lowest BCUT2D eigenvalue weighted by Crippen LogP contribution is -2.56. The lowest BCUT2D eigenvalue weighted by Gasteiger charge is -2.58. The average molecular weight is 472 g/mol. The van der Waals surface area contributed by atoms with Gasteiger partial charge >= 0.3 is 12.6 Å². The van der Waals surface area contributed by atoms with E-state index in [2.05, 4.69) is 26.0 Å². The molecule has 4 aliphatic carbocycles. The Bertz CT molecular complexity index is 804. The SMILES string of the molecule is CC(OC(=O)C12CC3CC(CC(Br)(C3)C1)C2)C(=O)Nc1ccccc1OC(F)F. The Morgan fingerprint density at radius 2 is 1.83 bits per heavy atom. The molecule has 1 amide bonds. The summed E-state index contributed by atoms with van der Waals surface area (Å²) in [5.41, 5.74) is -0.423. The van der Waals surface area contributed by atoms with Crippen LogP contribution in [0.4, 0.5) is 14.5 Å². The maximum Gasteiger partial charge on any atom is 0.387 e. The van der Waals surface area contributed by atoms with E-state index in [1.54, 1.807) is 6.07 Å². The van der Waals surface area contributed by atoms with E-state index in [0.717, 1.165) is 32.1 Å². The van der Waals surface area contributed by atoms with Crippen LogP contribution in [0.3, 0.4) is 0 Å². The van der Waals surface area contributed by atoms with Crippen LogP contribution < -0.4 is 10.1 Å². The van der Waals surface area contributed by atoms with Gasteiger partial charge in [0.05, 0.1) is 11.1 Å². The number of anilines is 1. The van der Waals surface area contributed by atoms with E-state index in [4.69, 9.17) is 4.74 Å². The molecule has 4 aliphatic rings. The molecule has 1 aromatic rings. The molecule has 5 nitrogen and oxygen atoms in total. The number of benzene rings is 1. The first-order valence-electron chi connectivity index (χ1n) is 9.93. The monoisotopic (exact) mass is 471 g/mol. The number of para-hydroxylation sites is 2. The predicted octanol–water partition coefficient (Wildman–Crippen LogP) is 4.89. The van der Waals surface area contributed by atoms with E-state index in [9.17, 15) is 18.4 Å². The van der Waals surface area contributed by atoms with Crippen LogP contribution in [-0.2, 0) is 14.3 Å². The molecule has 4 fully saturated rings. The Hall–Kier alpha value is -1.70. The van der Waals surface area contributed by atoms with Gasteiger partial charge in [-0.25, -0.2) is 0 Å². The molecule has 1 aromatic carbocycles. The zero-order chi connectivity index (χ0) is 20.8. The number of hydrogen-bond donors (Lipinski definition) is 1. The third-order valence-corrected chi connectivity index (χ3v) is 7.36. The van der Waals surface area contributed by atoms with Gasteiger partial charge in [-0.2, -0.15) is 8.78 Å². The highest BCUT2D eigenvalue weighted by Crippen LogP contribution is 2.64. The van der Waals surface area contributed by atoms with E-state index in [1.807, 2.05) is 0 Å². The van der Waals surface area contributed by atoms with Crippen molar-refractivity contribution in [3.8, 4) is 5.75 Å². The molecule has 29 heavy (non-hydrogen) atoms. The van der Waals surface area contributed by atoms with Gasteiger partial charge in [0.2, 0.25) is 0 Å². The Morgan fingerprint density at radius 3 is 2.45 bits per heavy atom. The molecule has 8 heteroatoms. The first-order chi connectivity index (χ1) is 13.7. The zero-order valence-electron chi connectivity index (χ0n) is 16.1. The van der Waals surface area contributed by atoms with E-state index in [1.165, 1.54) is 31.5 Å². The maximum absolute atomic E-state index is 13.1. The third kappa shape index (κ3) is 4.13. The summed E-state index contributed by atoms with van der Waals surface area (Å²) in [6.45, 7) is -1.51. The molecule has 0 saturated heterocycles. The van der Waals surface area contributed by atoms with Crippen LogP contribution >= 0.6 is 15.9 Å². The van der Waals surface area contributed by atoms with Gasteiger partial charge in [-0.1, -0.05) is 28.1 Å². The molecule has 4 saturated carbocycles. The first kappa shape index (κ1) is 20.6. The van der Waals surface area contributed by atoms with Crippen molar-refractivity contribution < 1.29 is 27.8 Å². The molecule has 1 N–H and O–H groups in total. The Kier molecular flexibility index (Phi) is 5.34. The number of nitrogens with one attached hydrogen (secondary N) is 1. The van der Waals surface area contributed by atoms with Gasteiger partial charge in [0.15, 0.2) is 6.10 Å². The van der Waals surface area contributed by atoms with Crippen LogP contribution in [0.25, 0.3) is 0 Å². The molecule has 0 spiro atoms. The van der Waals surface area contributed by atoms with Crippen molar-refractivity contribution in [2.75, 3.05) is 5.32 Å². The van der Waals surface area contributed by atoms with Crippen molar-refractivity contribution in [1.82, 2.24) is 0 Å². The third-order valence-electron chi connectivity index (χ3n) is 6.44. The molecule has 0 radical (unpaired) electrons. The van der Waals surface area contributed by atoms with Crippen LogP contribution in [0, 0.1) is 17.3 Å². The van der Waals surface area contributed by atoms with E-state index in [-0.39, 0.29) is 21.7 Å². The number of hydrogen-bond acceptors (Lipinski definition) is 4. The van der Waals surface area contributed by atoms with Gasteiger partial charge in [0, 0.05) is 4.32 Å². The van der Waals surface area contributed by atoms with Crippen LogP contribution in [0.5, 0.6) is 5.75 Å². The highest BCUT2D eigenvalue weighted by atomic mass is 79.9. The largest absolute Gasteiger partial charge is 0.452 e. The molecule has 0 aromatic heterocycles. The molecule has 0 heterocycles. The van der Waals surface area contributed by atoms with Crippen molar-refractivity contribution in [2.24, 2.45) is 17.3 Å². The highest BCUT2D eigenvalue weighted by molar-refractivity contribution is 9.10. The smallest absolute Gasteiger partial charge is 0.387 e. The number of alkyl halides is 3. The number of halogens is 3. The lowest BCUT2D eigenvalue weighted by atomic mass is 9.49. The molecule has 0 aliphatic heterocycles. The molecule has 3 unspecified atom stereocenters. The molecule has 4 bridgehead atoms. The van der Waals surface area contributed by atoms with Crippen LogP contribution in [0.1, 0.15) is 45.4 Å². The second-order valence-electron chi connectivity index (χ2n) is 8.80. The predicted molar refractivity (Wildman–Crippen MR) is 106 cm³/mol. The quantitative estimate of drug-likeness (QED) is 0.473. The second kappa shape index (κ2) is 7.52. The normalized spacial score (nSPS) is 33.4. The molecule has 5 rings (SSSR count). The molecular weight excluding hydrogens is 448 g/mol. The number of amides is 1. The van der Waals surface area contributed by atoms with Crippen molar-refractivity contribution in [3.05, 3.63) is 24.3 Å². The topological polar surface area (TPSA) is 64.6 Å². The Morgan fingerprint density at radius 1 is 1.17 bits per heavy atom. The number of carbonyl (C=O) groups is 2. The summed E-state index contributed by atoms with van der Waals surface area (Å²) in [5.74, 6) is -0.00908. The van der Waals surface area contributed by atoms with Gasteiger partial charge in [0.25, 0.3) is 5.91 Å². The summed E-state index contributed by atoms with van der Waals surface area (Å²) < 4.78 is 35.1. The first-order valence-corrected chi connectivity index (χ1v) is 10.7. The number of esters is 1. The Labute approximate surface area is 176 Å². The van der Waals surface area contributed by atoms with Crippen molar-refractivity contribution in [1.29, 1.82) is 0 Å². The van der Waals surface area contributed by atoms with Crippen molar-refractivity contribution in [3.63, 3.8) is 0 Å². The van der Waals surface area contributed by atoms with Gasteiger partial charge in [0.1, 0.15) is 5.75 Å². The number of carbonyl (C=O) groups excluding carboxylic acids is 2. The second-order valence-corrected chi connectivity index (χ2v) is 10.5. The summed E-state index contributed by atoms with van der Waals surface area (Å²) in [4.78, 5) is 25.6. The minimum atomic E-state index is -3.00. The van der Waals surface area contributed by atoms with Crippen molar-refractivity contribution in [2.45, 2.75) is 62.5 Å². The minimum Gasteiger partial charge on any atom is -0.452 e. The summed E-state index contributed by atoms with van der Waals surface area (Å²) in [7, 11) is 0. The van der Waals surface area contributed by atoms with Crippen molar-refractivity contribution >= 4 is 33.5 Å². The molecular formula is C21H24BrF2NO4. The number of ether oxygens (including phenoxy) is 2. The van der Waals surface area contributed by atoms with Gasteiger partial charge in [-0.15, -0.1) is 0 Å². The lowest BCUT2D eigenvalue weighted by molar-refractivity contribution is -0.175. The number of rotatable bonds is 6. The van der Waals surface area contributed by atoms with Crippen LogP contribution in [0.2, 0.25) is 0 Å². The maximum atomic E-state index is 13.1. The van der Waals surface area contributed by atoms with Crippen LogP contribution in [-0.4, -0.2) is 28.9 Å². The van der Waals surface area contributed by atoms with Gasteiger partial charge in [-0.3, -0.25) is 9.59 Å². The summed E-state index contributed by atoms with van der Waals surface area (Å²) >= 11 is 3.87. The fourth-order valence-electron chi connectivity index (χ4n) is 5.73. The Balaban J connectivity index is 1.41. The van der Waals surface area contributed by atoms with Crippen LogP contribution in [0.15, 0.2) is 24.3 Å². The molecule has 3 atom stereocenters. The van der Waals surface area contributed by atoms with E-state index < -0.39 is 24.0 Å². The summed E-state index contributed by atoms with van der Waals surface area (Å²) in [5, 5.41) is 2.52. The van der Waals surface area contributed by atoms with Gasteiger partial charge < -0.3 is 14.8 Å². The fourth-order valence-corrected chi connectivity index (χ4v) is 7.18. The standard InChI is InChI=1S/C21H24BrF2NO4/c1-12(17(26)25-15-4-2-3-5-16(15)29-19(23)24)28-18(27)20-7-13-6-14(8-20)10-21(22,9-13)11-20/h2-5,12-14,19H,6-11H2,1H3,(H,25,26).